The smallest absolute Gasteiger partial charge is 0.272 e. The molecule has 1 aromatic carbocycles. The molecule has 2 atom stereocenters. The SMILES string of the molecule is O=C(NCc1ccccn1)c1nn(-c2ccc(Cl)cc2)c2c1C1CC3CC(C1)CC2C3. The summed E-state index contributed by atoms with van der Waals surface area (Å²) in [7, 11) is 0. The summed E-state index contributed by atoms with van der Waals surface area (Å²) in [5.41, 5.74) is 4.88. The molecule has 4 bridgehead atoms. The van der Waals surface area contributed by atoms with Gasteiger partial charge in [0.25, 0.3) is 5.91 Å². The highest BCUT2D eigenvalue weighted by molar-refractivity contribution is 6.30. The number of aromatic nitrogens is 3. The van der Waals surface area contributed by atoms with Crippen molar-refractivity contribution in [3.8, 4) is 5.69 Å². The van der Waals surface area contributed by atoms with Crippen LogP contribution in [0, 0.1) is 11.8 Å². The number of hydrogen-bond acceptors (Lipinski definition) is 3. The van der Waals surface area contributed by atoms with Gasteiger partial charge in [-0.3, -0.25) is 9.78 Å². The van der Waals surface area contributed by atoms with Crippen molar-refractivity contribution in [2.45, 2.75) is 50.5 Å². The van der Waals surface area contributed by atoms with E-state index in [-0.39, 0.29) is 5.91 Å². The number of nitrogens with one attached hydrogen (secondary N) is 1. The van der Waals surface area contributed by atoms with E-state index < -0.39 is 0 Å². The largest absolute Gasteiger partial charge is 0.345 e. The van der Waals surface area contributed by atoms with Gasteiger partial charge < -0.3 is 5.32 Å². The number of amides is 1. The Balaban J connectivity index is 1.43. The second-order valence-electron chi connectivity index (χ2n) is 9.34. The Morgan fingerprint density at radius 2 is 1.74 bits per heavy atom. The van der Waals surface area contributed by atoms with Crippen molar-refractivity contribution in [3.05, 3.63) is 76.3 Å². The molecule has 0 saturated heterocycles. The summed E-state index contributed by atoms with van der Waals surface area (Å²) in [6.45, 7) is 0.404. The third-order valence-electron chi connectivity index (χ3n) is 7.33. The Labute approximate surface area is 186 Å². The van der Waals surface area contributed by atoms with Crippen molar-refractivity contribution < 1.29 is 4.79 Å². The van der Waals surface area contributed by atoms with Crippen LogP contribution in [0.1, 0.15) is 71.4 Å². The summed E-state index contributed by atoms with van der Waals surface area (Å²) in [5.74, 6) is 2.36. The first-order valence-electron chi connectivity index (χ1n) is 11.2. The maximum Gasteiger partial charge on any atom is 0.272 e. The fraction of sp³-hybridized carbons (Fsp3) is 0.400. The highest BCUT2D eigenvalue weighted by Gasteiger charge is 2.46. The predicted molar refractivity (Wildman–Crippen MR) is 120 cm³/mol. The predicted octanol–water partition coefficient (Wildman–Crippen LogP) is 5.24. The molecule has 2 unspecified atom stereocenters. The second-order valence-corrected chi connectivity index (χ2v) is 9.78. The molecule has 0 spiro atoms. The van der Waals surface area contributed by atoms with Gasteiger partial charge in [-0.2, -0.15) is 5.10 Å². The van der Waals surface area contributed by atoms with Gasteiger partial charge in [0.15, 0.2) is 5.69 Å². The Kier molecular flexibility index (Phi) is 4.60. The van der Waals surface area contributed by atoms with Crippen LogP contribution in [-0.2, 0) is 6.54 Å². The molecule has 4 aliphatic carbocycles. The molecular formula is C25H25ClN4O. The van der Waals surface area contributed by atoms with Gasteiger partial charge in [0.1, 0.15) is 0 Å². The normalized spacial score (nSPS) is 25.8. The van der Waals surface area contributed by atoms with Crippen molar-refractivity contribution >= 4 is 17.5 Å². The van der Waals surface area contributed by atoms with Crippen molar-refractivity contribution in [3.63, 3.8) is 0 Å². The Bertz CT molecular complexity index is 1110. The molecule has 2 heterocycles. The molecule has 0 radical (unpaired) electrons. The second kappa shape index (κ2) is 7.49. The lowest BCUT2D eigenvalue weighted by molar-refractivity contribution is 0.0941. The van der Waals surface area contributed by atoms with Crippen LogP contribution in [0.5, 0.6) is 0 Å². The maximum absolute atomic E-state index is 13.3. The fourth-order valence-corrected chi connectivity index (χ4v) is 6.38. The number of rotatable bonds is 4. The van der Waals surface area contributed by atoms with Gasteiger partial charge in [0.05, 0.1) is 23.6 Å². The van der Waals surface area contributed by atoms with E-state index in [9.17, 15) is 4.79 Å². The van der Waals surface area contributed by atoms with E-state index in [2.05, 4.69) is 10.3 Å². The van der Waals surface area contributed by atoms with Gasteiger partial charge in [-0.1, -0.05) is 17.7 Å². The van der Waals surface area contributed by atoms with Crippen LogP contribution in [0.15, 0.2) is 48.7 Å². The molecule has 1 N–H and O–H groups in total. The van der Waals surface area contributed by atoms with E-state index in [0.29, 0.717) is 29.1 Å². The van der Waals surface area contributed by atoms with E-state index in [1.54, 1.807) is 6.20 Å². The van der Waals surface area contributed by atoms with Gasteiger partial charge in [0, 0.05) is 22.7 Å². The molecule has 3 aromatic rings. The van der Waals surface area contributed by atoms with Crippen molar-refractivity contribution in [1.82, 2.24) is 20.1 Å². The quantitative estimate of drug-likeness (QED) is 0.613. The third kappa shape index (κ3) is 3.35. The first-order chi connectivity index (χ1) is 15.2. The van der Waals surface area contributed by atoms with Gasteiger partial charge in [0.2, 0.25) is 0 Å². The molecule has 7 rings (SSSR count). The minimum Gasteiger partial charge on any atom is -0.345 e. The number of carbonyl (C=O) groups excluding carboxylic acids is 1. The number of nitrogens with zero attached hydrogens (tertiary/aromatic N) is 3. The minimum absolute atomic E-state index is 0.101. The molecule has 31 heavy (non-hydrogen) atoms. The van der Waals surface area contributed by atoms with Crippen molar-refractivity contribution in [1.29, 1.82) is 0 Å². The molecule has 158 valence electrons. The number of carbonyl (C=O) groups is 1. The maximum atomic E-state index is 13.3. The first kappa shape index (κ1) is 19.1. The molecule has 1 amide bonds. The van der Waals surface area contributed by atoms with Gasteiger partial charge in [-0.15, -0.1) is 0 Å². The average molecular weight is 433 g/mol. The van der Waals surface area contributed by atoms with Gasteiger partial charge >= 0.3 is 0 Å². The molecule has 2 saturated carbocycles. The standard InChI is InChI=1S/C25H25ClN4O/c26-19-4-6-21(7-5-19)30-24-18-12-15-9-16(13-18)11-17(10-15)22(24)23(29-30)25(31)28-14-20-3-1-2-8-27-20/h1-8,15-18H,9-14H2,(H,28,31). The number of hydrogen-bond donors (Lipinski definition) is 1. The summed E-state index contributed by atoms with van der Waals surface area (Å²) in [5, 5.41) is 8.68. The monoisotopic (exact) mass is 432 g/mol. The van der Waals surface area contributed by atoms with Crippen LogP contribution >= 0.6 is 11.6 Å². The molecule has 0 aliphatic heterocycles. The minimum atomic E-state index is -0.101. The molecule has 4 aliphatic rings. The molecule has 5 nitrogen and oxygen atoms in total. The summed E-state index contributed by atoms with van der Waals surface area (Å²) >= 11 is 6.14. The lowest BCUT2D eigenvalue weighted by Gasteiger charge is -2.38. The van der Waals surface area contributed by atoms with Gasteiger partial charge in [-0.25, -0.2) is 4.68 Å². The number of halogens is 1. The van der Waals surface area contributed by atoms with Gasteiger partial charge in [-0.05, 0) is 86.3 Å². The van der Waals surface area contributed by atoms with Crippen LogP contribution in [0.25, 0.3) is 5.69 Å². The molecule has 2 aromatic heterocycles. The van der Waals surface area contributed by atoms with E-state index >= 15 is 0 Å². The molecule has 6 heteroatoms. The lowest BCUT2D eigenvalue weighted by Crippen LogP contribution is -2.28. The van der Waals surface area contributed by atoms with Crippen LogP contribution in [0.4, 0.5) is 0 Å². The van der Waals surface area contributed by atoms with E-state index in [4.69, 9.17) is 16.7 Å². The molecule has 2 fully saturated rings. The summed E-state index contributed by atoms with van der Waals surface area (Å²) in [6, 6.07) is 13.5. The Morgan fingerprint density at radius 3 is 2.45 bits per heavy atom. The lowest BCUT2D eigenvalue weighted by atomic mass is 9.67. The van der Waals surface area contributed by atoms with Crippen molar-refractivity contribution in [2.75, 3.05) is 0 Å². The highest BCUT2D eigenvalue weighted by atomic mass is 35.5. The van der Waals surface area contributed by atoms with Crippen LogP contribution in [0.2, 0.25) is 5.02 Å². The van der Waals surface area contributed by atoms with Crippen LogP contribution in [-0.4, -0.2) is 20.7 Å². The first-order valence-corrected chi connectivity index (χ1v) is 11.6. The fourth-order valence-electron chi connectivity index (χ4n) is 6.25. The molecular weight excluding hydrogens is 408 g/mol. The number of pyridine rings is 1. The zero-order chi connectivity index (χ0) is 20.9. The number of benzene rings is 1. The van der Waals surface area contributed by atoms with E-state index in [1.807, 2.05) is 47.1 Å². The Morgan fingerprint density at radius 1 is 1.00 bits per heavy atom. The zero-order valence-electron chi connectivity index (χ0n) is 17.3. The average Bonchev–Trinajstić information content (AvgIpc) is 3.10. The van der Waals surface area contributed by atoms with Crippen molar-refractivity contribution in [2.24, 2.45) is 11.8 Å². The third-order valence-corrected chi connectivity index (χ3v) is 7.59. The summed E-state index contributed by atoms with van der Waals surface area (Å²) in [6.07, 6.45) is 7.91. The van der Waals surface area contributed by atoms with E-state index in [1.165, 1.54) is 43.4 Å². The highest BCUT2D eigenvalue weighted by Crippen LogP contribution is 2.57. The topological polar surface area (TPSA) is 59.8 Å². The summed E-state index contributed by atoms with van der Waals surface area (Å²) in [4.78, 5) is 17.7. The summed E-state index contributed by atoms with van der Waals surface area (Å²) < 4.78 is 2.04. The Hall–Kier alpha value is -2.66. The van der Waals surface area contributed by atoms with Crippen LogP contribution < -0.4 is 5.32 Å². The van der Waals surface area contributed by atoms with E-state index in [0.717, 1.165) is 23.2 Å². The zero-order valence-corrected chi connectivity index (χ0v) is 18.1. The van der Waals surface area contributed by atoms with Crippen LogP contribution in [0.3, 0.4) is 0 Å².